The summed E-state index contributed by atoms with van der Waals surface area (Å²) in [5.74, 6) is -0.430. The van der Waals surface area contributed by atoms with Crippen LogP contribution in [0, 0.1) is 19.7 Å². The van der Waals surface area contributed by atoms with Crippen molar-refractivity contribution >= 4 is 21.6 Å². The SMILES string of the molecule is Cc1nn(Cc2c(F)cccc2Cl)c(C)c1S(=O)(=O)N1CCCCC1. The molecular weight excluding hydrogens is 365 g/mol. The first-order valence-corrected chi connectivity index (χ1v) is 10.1. The third-order valence-corrected chi connectivity index (χ3v) is 7.10. The predicted octanol–water partition coefficient (Wildman–Crippen LogP) is 3.52. The van der Waals surface area contributed by atoms with Crippen LogP contribution in [0.5, 0.6) is 0 Å². The summed E-state index contributed by atoms with van der Waals surface area (Å²) in [6, 6.07) is 4.48. The Hall–Kier alpha value is -1.44. The third kappa shape index (κ3) is 3.45. The summed E-state index contributed by atoms with van der Waals surface area (Å²) in [4.78, 5) is 0.224. The Morgan fingerprint density at radius 1 is 1.20 bits per heavy atom. The third-order valence-electron chi connectivity index (χ3n) is 4.60. The minimum atomic E-state index is -3.59. The number of benzene rings is 1. The van der Waals surface area contributed by atoms with E-state index in [1.165, 1.54) is 21.1 Å². The van der Waals surface area contributed by atoms with E-state index in [2.05, 4.69) is 5.10 Å². The largest absolute Gasteiger partial charge is 0.264 e. The smallest absolute Gasteiger partial charge is 0.246 e. The van der Waals surface area contributed by atoms with Crippen LogP contribution in [-0.2, 0) is 16.6 Å². The first-order chi connectivity index (χ1) is 11.8. The van der Waals surface area contributed by atoms with Crippen molar-refractivity contribution in [1.82, 2.24) is 14.1 Å². The number of hydrogen-bond donors (Lipinski definition) is 0. The molecule has 8 heteroatoms. The zero-order chi connectivity index (χ0) is 18.2. The van der Waals surface area contributed by atoms with Crippen molar-refractivity contribution < 1.29 is 12.8 Å². The molecule has 1 aromatic carbocycles. The fraction of sp³-hybridized carbons (Fsp3) is 0.471. The second-order valence-corrected chi connectivity index (χ2v) is 8.60. The highest BCUT2D eigenvalue weighted by atomic mass is 35.5. The number of hydrogen-bond acceptors (Lipinski definition) is 3. The number of nitrogens with zero attached hydrogens (tertiary/aromatic N) is 3. The van der Waals surface area contributed by atoms with Crippen LogP contribution >= 0.6 is 11.6 Å². The average Bonchev–Trinajstić information content (AvgIpc) is 2.86. The molecule has 3 rings (SSSR count). The van der Waals surface area contributed by atoms with E-state index in [4.69, 9.17) is 11.6 Å². The van der Waals surface area contributed by atoms with Gasteiger partial charge in [-0.2, -0.15) is 9.40 Å². The van der Waals surface area contributed by atoms with Crippen molar-refractivity contribution in [2.75, 3.05) is 13.1 Å². The number of rotatable bonds is 4. The van der Waals surface area contributed by atoms with Gasteiger partial charge in [0.05, 0.1) is 17.9 Å². The Balaban J connectivity index is 1.99. The fourth-order valence-electron chi connectivity index (χ4n) is 3.28. The van der Waals surface area contributed by atoms with Crippen LogP contribution in [0.1, 0.15) is 36.2 Å². The number of piperidine rings is 1. The second-order valence-electron chi connectivity index (χ2n) is 6.32. The highest BCUT2D eigenvalue weighted by molar-refractivity contribution is 7.89. The highest BCUT2D eigenvalue weighted by Gasteiger charge is 2.31. The van der Waals surface area contributed by atoms with Crippen LogP contribution in [0.15, 0.2) is 23.1 Å². The van der Waals surface area contributed by atoms with Gasteiger partial charge in [0.1, 0.15) is 10.7 Å². The zero-order valence-electron chi connectivity index (χ0n) is 14.3. The van der Waals surface area contributed by atoms with Gasteiger partial charge >= 0.3 is 0 Å². The first-order valence-electron chi connectivity index (χ1n) is 8.29. The first kappa shape index (κ1) is 18.4. The molecule has 0 N–H and O–H groups in total. The fourth-order valence-corrected chi connectivity index (χ4v) is 5.39. The maximum Gasteiger partial charge on any atom is 0.246 e. The molecule has 0 spiro atoms. The summed E-state index contributed by atoms with van der Waals surface area (Å²) in [6.45, 7) is 4.53. The lowest BCUT2D eigenvalue weighted by molar-refractivity contribution is 0.346. The van der Waals surface area contributed by atoms with E-state index in [0.717, 1.165) is 19.3 Å². The molecule has 136 valence electrons. The average molecular weight is 386 g/mol. The number of halogens is 2. The lowest BCUT2D eigenvalue weighted by Crippen LogP contribution is -2.36. The molecule has 2 aromatic rings. The van der Waals surface area contributed by atoms with Gasteiger partial charge in [0, 0.05) is 23.7 Å². The zero-order valence-corrected chi connectivity index (χ0v) is 15.9. The van der Waals surface area contributed by atoms with Gasteiger partial charge in [-0.1, -0.05) is 24.1 Å². The maximum absolute atomic E-state index is 14.0. The molecule has 0 aliphatic carbocycles. The molecule has 0 radical (unpaired) electrons. The Kier molecular flexibility index (Phi) is 5.18. The molecule has 0 atom stereocenters. The monoisotopic (exact) mass is 385 g/mol. The molecule has 0 amide bonds. The van der Waals surface area contributed by atoms with Crippen molar-refractivity contribution in [3.05, 3.63) is 46.0 Å². The van der Waals surface area contributed by atoms with E-state index < -0.39 is 15.8 Å². The minimum Gasteiger partial charge on any atom is -0.264 e. The maximum atomic E-state index is 14.0. The van der Waals surface area contributed by atoms with Crippen LogP contribution in [0.25, 0.3) is 0 Å². The van der Waals surface area contributed by atoms with E-state index in [1.807, 2.05) is 0 Å². The van der Waals surface area contributed by atoms with Gasteiger partial charge in [-0.05, 0) is 38.8 Å². The molecule has 1 fully saturated rings. The van der Waals surface area contributed by atoms with Gasteiger partial charge in [0.25, 0.3) is 0 Å². The highest BCUT2D eigenvalue weighted by Crippen LogP contribution is 2.27. The predicted molar refractivity (Wildman–Crippen MR) is 94.8 cm³/mol. The number of sulfonamides is 1. The summed E-state index contributed by atoms with van der Waals surface area (Å²) >= 11 is 6.08. The molecule has 0 unspecified atom stereocenters. The Morgan fingerprint density at radius 3 is 2.52 bits per heavy atom. The summed E-state index contributed by atoms with van der Waals surface area (Å²) in [5.41, 5.74) is 1.23. The summed E-state index contributed by atoms with van der Waals surface area (Å²) in [5, 5.41) is 4.63. The van der Waals surface area contributed by atoms with Gasteiger partial charge in [-0.25, -0.2) is 12.8 Å². The topological polar surface area (TPSA) is 55.2 Å². The molecule has 0 bridgehead atoms. The van der Waals surface area contributed by atoms with Crippen molar-refractivity contribution in [1.29, 1.82) is 0 Å². The van der Waals surface area contributed by atoms with Crippen LogP contribution in [0.4, 0.5) is 4.39 Å². The molecule has 1 aromatic heterocycles. The van der Waals surface area contributed by atoms with Gasteiger partial charge < -0.3 is 0 Å². The summed E-state index contributed by atoms with van der Waals surface area (Å²) < 4.78 is 43.1. The van der Waals surface area contributed by atoms with Crippen LogP contribution < -0.4 is 0 Å². The van der Waals surface area contributed by atoms with Crippen LogP contribution in [0.3, 0.4) is 0 Å². The molecule has 0 saturated carbocycles. The molecular formula is C17H21ClFN3O2S. The Bertz CT molecular complexity index is 869. The van der Waals surface area contributed by atoms with E-state index in [-0.39, 0.29) is 11.4 Å². The molecule has 1 aliphatic rings. The molecule has 1 saturated heterocycles. The molecule has 5 nitrogen and oxygen atoms in total. The Labute approximate surface area is 152 Å². The minimum absolute atomic E-state index is 0.0910. The quantitative estimate of drug-likeness (QED) is 0.809. The number of aromatic nitrogens is 2. The van der Waals surface area contributed by atoms with Crippen molar-refractivity contribution in [3.63, 3.8) is 0 Å². The van der Waals surface area contributed by atoms with Gasteiger partial charge in [-0.3, -0.25) is 4.68 Å². The lowest BCUT2D eigenvalue weighted by atomic mass is 10.2. The van der Waals surface area contributed by atoms with E-state index in [9.17, 15) is 12.8 Å². The molecule has 1 aliphatic heterocycles. The number of aryl methyl sites for hydroxylation is 1. The molecule has 25 heavy (non-hydrogen) atoms. The van der Waals surface area contributed by atoms with Crippen LogP contribution in [0.2, 0.25) is 5.02 Å². The van der Waals surface area contributed by atoms with Gasteiger partial charge in [0.15, 0.2) is 0 Å². The van der Waals surface area contributed by atoms with Gasteiger partial charge in [0.2, 0.25) is 10.0 Å². The van der Waals surface area contributed by atoms with E-state index >= 15 is 0 Å². The normalized spacial score (nSPS) is 16.3. The van der Waals surface area contributed by atoms with Crippen molar-refractivity contribution in [2.45, 2.75) is 44.6 Å². The standard InChI is InChI=1S/C17H21ClFN3O2S/c1-12-17(25(23,24)21-9-4-3-5-10-21)13(2)22(20-12)11-14-15(18)7-6-8-16(14)19/h6-8H,3-5,9-11H2,1-2H3. The molecule has 2 heterocycles. The summed E-state index contributed by atoms with van der Waals surface area (Å²) in [7, 11) is -3.59. The van der Waals surface area contributed by atoms with Crippen molar-refractivity contribution in [3.8, 4) is 0 Å². The second kappa shape index (κ2) is 7.05. The van der Waals surface area contributed by atoms with Crippen molar-refractivity contribution in [2.24, 2.45) is 0 Å². The summed E-state index contributed by atoms with van der Waals surface area (Å²) in [6.07, 6.45) is 2.79. The van der Waals surface area contributed by atoms with Gasteiger partial charge in [-0.15, -0.1) is 0 Å². The Morgan fingerprint density at radius 2 is 1.88 bits per heavy atom. The van der Waals surface area contributed by atoms with Crippen LogP contribution in [-0.4, -0.2) is 35.6 Å². The lowest BCUT2D eigenvalue weighted by Gasteiger charge is -2.26. The van der Waals surface area contributed by atoms with E-state index in [0.29, 0.717) is 35.1 Å². The van der Waals surface area contributed by atoms with E-state index in [1.54, 1.807) is 19.9 Å².